The molecule has 0 saturated heterocycles. The van der Waals surface area contributed by atoms with E-state index in [0.717, 1.165) is 24.8 Å². The fourth-order valence-corrected chi connectivity index (χ4v) is 2.01. The molecule has 0 heterocycles. The van der Waals surface area contributed by atoms with Gasteiger partial charge in [-0.05, 0) is 38.0 Å². The van der Waals surface area contributed by atoms with E-state index in [4.69, 9.17) is 4.74 Å². The van der Waals surface area contributed by atoms with Gasteiger partial charge in [-0.1, -0.05) is 31.9 Å². The molecule has 0 amide bonds. The Morgan fingerprint density at radius 1 is 1.28 bits per heavy atom. The SMILES string of the molecule is CCCCC(C)(C(=O)OCC)c1ccc(O)cc1. The van der Waals surface area contributed by atoms with E-state index in [0.29, 0.717) is 6.61 Å². The molecule has 3 nitrogen and oxygen atoms in total. The summed E-state index contributed by atoms with van der Waals surface area (Å²) in [6, 6.07) is 6.81. The van der Waals surface area contributed by atoms with Gasteiger partial charge in [0, 0.05) is 0 Å². The Bertz CT molecular complexity index is 383. The summed E-state index contributed by atoms with van der Waals surface area (Å²) in [6.45, 7) is 6.21. The van der Waals surface area contributed by atoms with Gasteiger partial charge in [-0.3, -0.25) is 4.79 Å². The predicted octanol–water partition coefficient (Wildman–Crippen LogP) is 3.40. The van der Waals surface area contributed by atoms with Crippen molar-refractivity contribution in [1.29, 1.82) is 0 Å². The molecule has 3 heteroatoms. The van der Waals surface area contributed by atoms with E-state index in [9.17, 15) is 9.90 Å². The van der Waals surface area contributed by atoms with Crippen LogP contribution in [0.1, 0.15) is 45.6 Å². The Morgan fingerprint density at radius 2 is 1.89 bits per heavy atom. The maximum atomic E-state index is 12.2. The van der Waals surface area contributed by atoms with Gasteiger partial charge in [0.25, 0.3) is 0 Å². The lowest BCUT2D eigenvalue weighted by Crippen LogP contribution is -2.34. The molecule has 0 aromatic heterocycles. The Morgan fingerprint density at radius 3 is 2.39 bits per heavy atom. The maximum Gasteiger partial charge on any atom is 0.316 e. The standard InChI is InChI=1S/C15H22O3/c1-4-6-11-15(3,14(17)18-5-2)12-7-9-13(16)10-8-12/h7-10,16H,4-6,11H2,1-3H3. The first-order chi connectivity index (χ1) is 8.54. The van der Waals surface area contributed by atoms with E-state index in [1.54, 1.807) is 24.3 Å². The number of ether oxygens (including phenoxy) is 1. The van der Waals surface area contributed by atoms with E-state index in [-0.39, 0.29) is 11.7 Å². The fraction of sp³-hybridized carbons (Fsp3) is 0.533. The Hall–Kier alpha value is -1.51. The monoisotopic (exact) mass is 250 g/mol. The van der Waals surface area contributed by atoms with Crippen LogP contribution in [0.4, 0.5) is 0 Å². The van der Waals surface area contributed by atoms with E-state index >= 15 is 0 Å². The fourth-order valence-electron chi connectivity index (χ4n) is 2.01. The minimum Gasteiger partial charge on any atom is -0.508 e. The van der Waals surface area contributed by atoms with E-state index < -0.39 is 5.41 Å². The molecule has 1 atom stereocenters. The first-order valence-electron chi connectivity index (χ1n) is 6.51. The summed E-state index contributed by atoms with van der Waals surface area (Å²) < 4.78 is 5.19. The lowest BCUT2D eigenvalue weighted by Gasteiger charge is -2.27. The summed E-state index contributed by atoms with van der Waals surface area (Å²) in [5, 5.41) is 9.32. The van der Waals surface area contributed by atoms with Gasteiger partial charge in [0.15, 0.2) is 0 Å². The third kappa shape index (κ3) is 3.25. The quantitative estimate of drug-likeness (QED) is 0.787. The van der Waals surface area contributed by atoms with Crippen LogP contribution in [0.25, 0.3) is 0 Å². The first kappa shape index (κ1) is 14.6. The Labute approximate surface area is 109 Å². The van der Waals surface area contributed by atoms with Crippen molar-refractivity contribution in [2.24, 2.45) is 0 Å². The predicted molar refractivity (Wildman–Crippen MR) is 71.6 cm³/mol. The number of rotatable bonds is 6. The molecule has 1 N–H and O–H groups in total. The average molecular weight is 250 g/mol. The van der Waals surface area contributed by atoms with Crippen molar-refractivity contribution >= 4 is 5.97 Å². The normalized spacial score (nSPS) is 13.9. The highest BCUT2D eigenvalue weighted by Crippen LogP contribution is 2.32. The molecular weight excluding hydrogens is 228 g/mol. The number of esters is 1. The van der Waals surface area contributed by atoms with Crippen LogP contribution in [0.15, 0.2) is 24.3 Å². The van der Waals surface area contributed by atoms with Gasteiger partial charge < -0.3 is 9.84 Å². The third-order valence-corrected chi connectivity index (χ3v) is 3.26. The Kier molecular flexibility index (Phi) is 5.20. The average Bonchev–Trinajstić information content (AvgIpc) is 2.37. The molecule has 1 aromatic carbocycles. The first-order valence-corrected chi connectivity index (χ1v) is 6.51. The number of hydrogen-bond donors (Lipinski definition) is 1. The summed E-state index contributed by atoms with van der Waals surface area (Å²) in [5.74, 6) is 0.0181. The lowest BCUT2D eigenvalue weighted by atomic mass is 9.78. The van der Waals surface area contributed by atoms with Crippen molar-refractivity contribution in [3.8, 4) is 5.75 Å². The number of carbonyl (C=O) groups is 1. The van der Waals surface area contributed by atoms with Gasteiger partial charge >= 0.3 is 5.97 Å². The molecule has 1 rings (SSSR count). The van der Waals surface area contributed by atoms with Gasteiger partial charge in [-0.2, -0.15) is 0 Å². The van der Waals surface area contributed by atoms with Crippen molar-refractivity contribution in [1.82, 2.24) is 0 Å². The molecule has 0 aliphatic rings. The molecule has 0 radical (unpaired) electrons. The highest BCUT2D eigenvalue weighted by atomic mass is 16.5. The zero-order valence-corrected chi connectivity index (χ0v) is 11.4. The zero-order chi connectivity index (χ0) is 13.6. The van der Waals surface area contributed by atoms with Gasteiger partial charge in [0.1, 0.15) is 5.75 Å². The van der Waals surface area contributed by atoms with Crippen LogP contribution in [0, 0.1) is 0 Å². The van der Waals surface area contributed by atoms with Crippen LogP contribution in [0.3, 0.4) is 0 Å². The van der Waals surface area contributed by atoms with Crippen LogP contribution in [-0.2, 0) is 14.9 Å². The number of unbranched alkanes of at least 4 members (excludes halogenated alkanes) is 1. The lowest BCUT2D eigenvalue weighted by molar-refractivity contribution is -0.149. The molecular formula is C15H22O3. The van der Waals surface area contributed by atoms with Crippen molar-refractivity contribution < 1.29 is 14.6 Å². The summed E-state index contributed by atoms with van der Waals surface area (Å²) in [7, 11) is 0. The molecule has 0 aliphatic carbocycles. The molecule has 100 valence electrons. The molecule has 1 unspecified atom stereocenters. The number of benzene rings is 1. The number of phenolic OH excluding ortho intramolecular Hbond substituents is 1. The number of hydrogen-bond acceptors (Lipinski definition) is 3. The summed E-state index contributed by atoms with van der Waals surface area (Å²) >= 11 is 0. The second kappa shape index (κ2) is 6.43. The molecule has 0 aliphatic heterocycles. The minimum atomic E-state index is -0.625. The number of phenols is 1. The van der Waals surface area contributed by atoms with Crippen LogP contribution >= 0.6 is 0 Å². The second-order valence-corrected chi connectivity index (χ2v) is 4.70. The highest BCUT2D eigenvalue weighted by molar-refractivity contribution is 5.82. The van der Waals surface area contributed by atoms with Crippen LogP contribution < -0.4 is 0 Å². The van der Waals surface area contributed by atoms with Crippen LogP contribution in [-0.4, -0.2) is 17.7 Å². The summed E-state index contributed by atoms with van der Waals surface area (Å²) in [4.78, 5) is 12.2. The topological polar surface area (TPSA) is 46.5 Å². The van der Waals surface area contributed by atoms with E-state index in [1.165, 1.54) is 0 Å². The Balaban J connectivity index is 3.02. The molecule has 0 fully saturated rings. The van der Waals surface area contributed by atoms with Crippen LogP contribution in [0.2, 0.25) is 0 Å². The highest BCUT2D eigenvalue weighted by Gasteiger charge is 2.35. The van der Waals surface area contributed by atoms with Gasteiger partial charge in [-0.25, -0.2) is 0 Å². The smallest absolute Gasteiger partial charge is 0.316 e. The largest absolute Gasteiger partial charge is 0.508 e. The van der Waals surface area contributed by atoms with Crippen molar-refractivity contribution in [2.45, 2.75) is 45.4 Å². The number of carbonyl (C=O) groups excluding carboxylic acids is 1. The maximum absolute atomic E-state index is 12.2. The second-order valence-electron chi connectivity index (χ2n) is 4.70. The van der Waals surface area contributed by atoms with Gasteiger partial charge in [0.2, 0.25) is 0 Å². The van der Waals surface area contributed by atoms with Crippen molar-refractivity contribution in [2.75, 3.05) is 6.61 Å². The van der Waals surface area contributed by atoms with Gasteiger partial charge in [-0.15, -0.1) is 0 Å². The summed E-state index contributed by atoms with van der Waals surface area (Å²) in [5.41, 5.74) is 0.270. The minimum absolute atomic E-state index is 0.191. The summed E-state index contributed by atoms with van der Waals surface area (Å²) in [6.07, 6.45) is 2.76. The third-order valence-electron chi connectivity index (χ3n) is 3.26. The molecule has 0 spiro atoms. The van der Waals surface area contributed by atoms with E-state index in [1.807, 2.05) is 13.8 Å². The van der Waals surface area contributed by atoms with E-state index in [2.05, 4.69) is 6.92 Å². The molecule has 0 saturated carbocycles. The van der Waals surface area contributed by atoms with Gasteiger partial charge in [0.05, 0.1) is 12.0 Å². The van der Waals surface area contributed by atoms with Crippen molar-refractivity contribution in [3.63, 3.8) is 0 Å². The molecule has 0 bridgehead atoms. The molecule has 18 heavy (non-hydrogen) atoms. The molecule has 1 aromatic rings. The van der Waals surface area contributed by atoms with Crippen molar-refractivity contribution in [3.05, 3.63) is 29.8 Å². The number of aromatic hydroxyl groups is 1. The van der Waals surface area contributed by atoms with Crippen LogP contribution in [0.5, 0.6) is 5.75 Å². The zero-order valence-electron chi connectivity index (χ0n) is 11.4.